The SMILES string of the molecule is COC(=O)N[C@H](C(=O)N1[C@@H]2C[C@@H]2C[C@H]1c1nc(-c2ccc(-c3ccc4cc(-c5cnc(C6CC7CC7N6C(=O)O)[nH]5)ccc4c3)cc2)c[nH]1)C(C)C. The van der Waals surface area contributed by atoms with Crippen LogP contribution in [-0.4, -0.2) is 78.2 Å². The predicted molar refractivity (Wildman–Crippen MR) is 194 cm³/mol. The van der Waals surface area contributed by atoms with Crippen molar-refractivity contribution in [2.75, 3.05) is 7.11 Å². The van der Waals surface area contributed by atoms with Crippen LogP contribution in [0.1, 0.15) is 63.3 Å². The fraction of sp³-hybridized carbons (Fsp3) is 0.375. The molecule has 7 atom stereocenters. The molecule has 4 N–H and O–H groups in total. The monoisotopic (exact) mass is 699 g/mol. The average molecular weight is 700 g/mol. The summed E-state index contributed by atoms with van der Waals surface area (Å²) in [5, 5.41) is 14.7. The molecule has 0 spiro atoms. The molecule has 2 aromatic heterocycles. The first-order valence-corrected chi connectivity index (χ1v) is 18.1. The zero-order valence-corrected chi connectivity index (χ0v) is 29.2. The number of methoxy groups -OCH3 is 1. The lowest BCUT2D eigenvalue weighted by molar-refractivity contribution is -0.136. The summed E-state index contributed by atoms with van der Waals surface area (Å²) in [4.78, 5) is 57.4. The van der Waals surface area contributed by atoms with E-state index in [4.69, 9.17) is 9.72 Å². The number of carboxylic acid groups (broad SMARTS) is 1. The van der Waals surface area contributed by atoms with Crippen molar-refractivity contribution in [3.63, 3.8) is 0 Å². The number of aromatic amines is 2. The van der Waals surface area contributed by atoms with E-state index in [9.17, 15) is 19.5 Å². The van der Waals surface area contributed by atoms with E-state index in [0.717, 1.165) is 75.9 Å². The number of fused-ring (bicyclic) bond motifs is 3. The highest BCUT2D eigenvalue weighted by atomic mass is 16.5. The third-order valence-electron chi connectivity index (χ3n) is 11.6. The van der Waals surface area contributed by atoms with Crippen molar-refractivity contribution in [1.82, 2.24) is 35.1 Å². The number of carbonyl (C=O) groups is 3. The van der Waals surface area contributed by atoms with E-state index < -0.39 is 18.2 Å². The van der Waals surface area contributed by atoms with Gasteiger partial charge < -0.3 is 30.0 Å². The van der Waals surface area contributed by atoms with Crippen LogP contribution in [0, 0.1) is 17.8 Å². The molecule has 9 rings (SSSR count). The van der Waals surface area contributed by atoms with Crippen molar-refractivity contribution in [2.45, 2.75) is 69.7 Å². The van der Waals surface area contributed by atoms with E-state index in [1.54, 1.807) is 11.1 Å². The number of aromatic nitrogens is 4. The first kappa shape index (κ1) is 32.3. The summed E-state index contributed by atoms with van der Waals surface area (Å²) in [7, 11) is 1.30. The van der Waals surface area contributed by atoms with Crippen LogP contribution in [0.5, 0.6) is 0 Å². The van der Waals surface area contributed by atoms with Crippen molar-refractivity contribution in [3.05, 3.63) is 84.7 Å². The summed E-state index contributed by atoms with van der Waals surface area (Å²) >= 11 is 0. The lowest BCUT2D eigenvalue weighted by Crippen LogP contribution is -2.52. The minimum atomic E-state index is -0.871. The van der Waals surface area contributed by atoms with E-state index in [1.165, 1.54) is 7.11 Å². The Labute approximate surface area is 300 Å². The molecule has 0 radical (unpaired) electrons. The smallest absolute Gasteiger partial charge is 0.408 e. The van der Waals surface area contributed by atoms with Crippen LogP contribution >= 0.6 is 0 Å². The third-order valence-corrected chi connectivity index (χ3v) is 11.6. The number of nitrogens with zero attached hydrogens (tertiary/aromatic N) is 4. The van der Waals surface area contributed by atoms with Crippen molar-refractivity contribution >= 4 is 28.9 Å². The molecule has 2 saturated heterocycles. The van der Waals surface area contributed by atoms with Gasteiger partial charge in [0, 0.05) is 29.4 Å². The summed E-state index contributed by atoms with van der Waals surface area (Å²) in [6.45, 7) is 3.85. The molecule has 2 aliphatic heterocycles. The minimum absolute atomic E-state index is 0.0897. The maximum absolute atomic E-state index is 13.7. The number of H-pyrrole nitrogens is 2. The number of piperidine rings is 2. The standard InChI is InChI=1S/C40H41N7O5/c1-20(2)35(45-39(49)52-3)38(48)46-31-14-27(31)16-33(46)36-41-18-29(43-36)22-6-4-21(5-7-22)23-8-9-25-13-26(11-10-24(25)12-23)30-19-42-37(44-30)34-17-28-15-32(28)47(34)40(50)51/h4-13,18-20,27-28,31-35H,14-17H2,1-3H3,(H,41,43)(H,42,44)(H,45,49)(H,50,51)/t27-,28?,31-,32?,33+,34?,35+/m1/s1. The minimum Gasteiger partial charge on any atom is -0.465 e. The van der Waals surface area contributed by atoms with Gasteiger partial charge in [0.05, 0.1) is 36.8 Å². The number of benzene rings is 3. The van der Waals surface area contributed by atoms with Crippen molar-refractivity contribution in [3.8, 4) is 33.6 Å². The molecule has 266 valence electrons. The van der Waals surface area contributed by atoms with Gasteiger partial charge in [-0.25, -0.2) is 19.6 Å². The van der Waals surface area contributed by atoms with Gasteiger partial charge in [0.15, 0.2) is 0 Å². The third kappa shape index (κ3) is 5.57. The maximum Gasteiger partial charge on any atom is 0.408 e. The largest absolute Gasteiger partial charge is 0.465 e. The lowest BCUT2D eigenvalue weighted by atomic mass is 9.98. The molecule has 2 aliphatic carbocycles. The number of hydrogen-bond acceptors (Lipinski definition) is 6. The number of carbonyl (C=O) groups excluding carboxylic acids is 2. The van der Waals surface area contributed by atoms with Gasteiger partial charge >= 0.3 is 12.2 Å². The summed E-state index contributed by atoms with van der Waals surface area (Å²) < 4.78 is 4.79. The normalized spacial score (nSPS) is 24.8. The van der Waals surface area contributed by atoms with E-state index in [-0.39, 0.29) is 36.0 Å². The molecule has 0 bridgehead atoms. The molecule has 4 heterocycles. The van der Waals surface area contributed by atoms with Crippen LogP contribution < -0.4 is 5.32 Å². The number of likely N-dealkylation sites (tertiary alicyclic amines) is 2. The van der Waals surface area contributed by atoms with Crippen LogP contribution in [0.3, 0.4) is 0 Å². The van der Waals surface area contributed by atoms with Gasteiger partial charge in [0.1, 0.15) is 17.7 Å². The summed E-state index contributed by atoms with van der Waals surface area (Å²) in [5.41, 5.74) is 5.87. The number of rotatable bonds is 8. The first-order chi connectivity index (χ1) is 25.2. The van der Waals surface area contributed by atoms with Crippen molar-refractivity contribution < 1.29 is 24.2 Å². The predicted octanol–water partition coefficient (Wildman–Crippen LogP) is 7.14. The van der Waals surface area contributed by atoms with Gasteiger partial charge in [-0.15, -0.1) is 0 Å². The van der Waals surface area contributed by atoms with Crippen LogP contribution in [0.4, 0.5) is 9.59 Å². The molecular weight excluding hydrogens is 658 g/mol. The molecule has 3 aromatic carbocycles. The second-order valence-corrected chi connectivity index (χ2v) is 15.1. The Hall–Kier alpha value is -5.65. The Morgan fingerprint density at radius 2 is 1.44 bits per heavy atom. The second kappa shape index (κ2) is 12.2. The molecule has 3 amide bonds. The highest BCUT2D eigenvalue weighted by Crippen LogP contribution is 2.54. The van der Waals surface area contributed by atoms with Gasteiger partial charge in [0.2, 0.25) is 5.91 Å². The van der Waals surface area contributed by atoms with Gasteiger partial charge in [-0.2, -0.15) is 0 Å². The Morgan fingerprint density at radius 1 is 0.827 bits per heavy atom. The molecule has 52 heavy (non-hydrogen) atoms. The fourth-order valence-electron chi connectivity index (χ4n) is 8.59. The summed E-state index contributed by atoms with van der Waals surface area (Å²) in [6, 6.07) is 20.4. The van der Waals surface area contributed by atoms with Gasteiger partial charge in [-0.3, -0.25) is 9.69 Å². The zero-order valence-electron chi connectivity index (χ0n) is 29.2. The van der Waals surface area contributed by atoms with E-state index in [0.29, 0.717) is 17.7 Å². The van der Waals surface area contributed by atoms with Crippen LogP contribution in [0.15, 0.2) is 73.1 Å². The van der Waals surface area contributed by atoms with Crippen LogP contribution in [0.2, 0.25) is 0 Å². The van der Waals surface area contributed by atoms with Gasteiger partial charge in [-0.05, 0) is 77.5 Å². The second-order valence-electron chi connectivity index (χ2n) is 15.1. The molecule has 4 fully saturated rings. The summed E-state index contributed by atoms with van der Waals surface area (Å²) in [5.74, 6) is 2.21. The van der Waals surface area contributed by atoms with Crippen molar-refractivity contribution in [1.29, 1.82) is 0 Å². The maximum atomic E-state index is 13.7. The van der Waals surface area contributed by atoms with Gasteiger partial charge in [0.25, 0.3) is 0 Å². The number of alkyl carbamates (subject to hydrolysis) is 1. The highest BCUT2D eigenvalue weighted by molar-refractivity contribution is 5.91. The van der Waals surface area contributed by atoms with E-state index >= 15 is 0 Å². The highest BCUT2D eigenvalue weighted by Gasteiger charge is 2.57. The first-order valence-electron chi connectivity index (χ1n) is 18.1. The molecule has 12 nitrogen and oxygen atoms in total. The fourth-order valence-corrected chi connectivity index (χ4v) is 8.59. The lowest BCUT2D eigenvalue weighted by Gasteiger charge is -2.31. The molecule has 4 aliphatic rings. The Morgan fingerprint density at radius 3 is 2.12 bits per heavy atom. The number of nitrogens with one attached hydrogen (secondary N) is 3. The Bertz CT molecular complexity index is 2210. The Balaban J connectivity index is 0.896. The average Bonchev–Trinajstić information content (AvgIpc) is 3.74. The summed E-state index contributed by atoms with van der Waals surface area (Å²) in [6.07, 6.45) is 5.85. The Kier molecular flexibility index (Phi) is 7.60. The van der Waals surface area contributed by atoms with E-state index in [2.05, 4.69) is 80.9 Å². The number of amides is 3. The van der Waals surface area contributed by atoms with Crippen LogP contribution in [-0.2, 0) is 9.53 Å². The number of imidazole rings is 2. The quantitative estimate of drug-likeness (QED) is 0.134. The number of hydrogen-bond donors (Lipinski definition) is 4. The molecule has 3 unspecified atom stereocenters. The van der Waals surface area contributed by atoms with E-state index in [1.807, 2.05) is 24.9 Å². The topological polar surface area (TPSA) is 157 Å². The van der Waals surface area contributed by atoms with Crippen LogP contribution in [0.25, 0.3) is 44.4 Å². The molecule has 12 heteroatoms. The zero-order chi connectivity index (χ0) is 35.8. The van der Waals surface area contributed by atoms with Crippen molar-refractivity contribution in [2.24, 2.45) is 17.8 Å². The molecule has 2 saturated carbocycles. The number of ether oxygens (including phenoxy) is 1. The molecule has 5 aromatic rings. The molecular formula is C40H41N7O5. The van der Waals surface area contributed by atoms with Gasteiger partial charge in [-0.1, -0.05) is 62.4 Å².